The smallest absolute Gasteiger partial charge is 0.123 e. The summed E-state index contributed by atoms with van der Waals surface area (Å²) in [7, 11) is 0. The van der Waals surface area contributed by atoms with Gasteiger partial charge >= 0.3 is 0 Å². The molecule has 0 aliphatic heterocycles. The fraction of sp³-hybridized carbons (Fsp3) is 0. The standard InChI is InChI=1S/C21H16FN5/c22-18-8-10-19(11-9-18)25-24-14-17-15-27(20-6-2-1-3-7-20)26-21(17)16-5-4-12-23-13-16/h1-15,25H/b24-14-. The lowest BCUT2D eigenvalue weighted by atomic mass is 10.1. The van der Waals surface area contributed by atoms with Gasteiger partial charge in [0, 0.05) is 29.7 Å². The van der Waals surface area contributed by atoms with Gasteiger partial charge in [-0.3, -0.25) is 10.4 Å². The third-order valence-electron chi connectivity index (χ3n) is 3.94. The van der Waals surface area contributed by atoms with Gasteiger partial charge in [0.25, 0.3) is 0 Å². The number of nitrogens with zero attached hydrogens (tertiary/aromatic N) is 4. The van der Waals surface area contributed by atoms with Gasteiger partial charge < -0.3 is 0 Å². The molecule has 0 saturated carbocycles. The lowest BCUT2D eigenvalue weighted by Gasteiger charge is -2.00. The quantitative estimate of drug-likeness (QED) is 0.422. The van der Waals surface area contributed by atoms with Crippen molar-refractivity contribution in [2.24, 2.45) is 5.10 Å². The van der Waals surface area contributed by atoms with E-state index < -0.39 is 0 Å². The van der Waals surface area contributed by atoms with E-state index in [4.69, 9.17) is 5.10 Å². The van der Waals surface area contributed by atoms with Crippen molar-refractivity contribution in [3.63, 3.8) is 0 Å². The van der Waals surface area contributed by atoms with Crippen LogP contribution < -0.4 is 5.43 Å². The molecule has 6 heteroatoms. The van der Waals surface area contributed by atoms with Gasteiger partial charge in [0.2, 0.25) is 0 Å². The summed E-state index contributed by atoms with van der Waals surface area (Å²) in [5, 5.41) is 8.96. The first-order valence-electron chi connectivity index (χ1n) is 8.40. The number of aromatic nitrogens is 3. The Bertz CT molecular complexity index is 1040. The molecule has 5 nitrogen and oxygen atoms in total. The third-order valence-corrected chi connectivity index (χ3v) is 3.94. The van der Waals surface area contributed by atoms with Crippen molar-refractivity contribution in [2.75, 3.05) is 5.43 Å². The maximum atomic E-state index is 13.0. The van der Waals surface area contributed by atoms with E-state index >= 15 is 0 Å². The van der Waals surface area contributed by atoms with E-state index in [2.05, 4.69) is 15.5 Å². The number of rotatable bonds is 5. The average molecular weight is 357 g/mol. The molecule has 0 fully saturated rings. The van der Waals surface area contributed by atoms with Gasteiger partial charge in [-0.2, -0.15) is 10.2 Å². The van der Waals surface area contributed by atoms with Crippen molar-refractivity contribution >= 4 is 11.9 Å². The van der Waals surface area contributed by atoms with Gasteiger partial charge in [0.1, 0.15) is 11.5 Å². The van der Waals surface area contributed by atoms with E-state index in [1.54, 1.807) is 30.7 Å². The molecule has 27 heavy (non-hydrogen) atoms. The van der Waals surface area contributed by atoms with Crippen molar-refractivity contribution in [1.29, 1.82) is 0 Å². The molecule has 2 aromatic heterocycles. The van der Waals surface area contributed by atoms with E-state index in [0.717, 1.165) is 22.5 Å². The minimum atomic E-state index is -0.285. The Morgan fingerprint density at radius 3 is 2.52 bits per heavy atom. The maximum Gasteiger partial charge on any atom is 0.123 e. The Labute approximate surface area is 155 Å². The largest absolute Gasteiger partial charge is 0.278 e. The lowest BCUT2D eigenvalue weighted by Crippen LogP contribution is -1.94. The van der Waals surface area contributed by atoms with E-state index in [1.807, 2.05) is 53.3 Å². The number of para-hydroxylation sites is 1. The highest BCUT2D eigenvalue weighted by Crippen LogP contribution is 2.22. The minimum Gasteiger partial charge on any atom is -0.278 e. The van der Waals surface area contributed by atoms with Crippen molar-refractivity contribution in [1.82, 2.24) is 14.8 Å². The predicted molar refractivity (Wildman–Crippen MR) is 104 cm³/mol. The predicted octanol–water partition coefficient (Wildman–Crippen LogP) is 4.52. The maximum absolute atomic E-state index is 13.0. The fourth-order valence-electron chi connectivity index (χ4n) is 2.62. The zero-order valence-electron chi connectivity index (χ0n) is 14.3. The zero-order valence-corrected chi connectivity index (χ0v) is 14.3. The van der Waals surface area contributed by atoms with Crippen LogP contribution in [0, 0.1) is 5.82 Å². The lowest BCUT2D eigenvalue weighted by molar-refractivity contribution is 0.628. The summed E-state index contributed by atoms with van der Waals surface area (Å²) in [4.78, 5) is 4.18. The fourth-order valence-corrected chi connectivity index (χ4v) is 2.62. The van der Waals surface area contributed by atoms with E-state index in [9.17, 15) is 4.39 Å². The van der Waals surface area contributed by atoms with Crippen LogP contribution in [0.5, 0.6) is 0 Å². The second-order valence-corrected chi connectivity index (χ2v) is 5.83. The Kier molecular flexibility index (Phi) is 4.70. The summed E-state index contributed by atoms with van der Waals surface area (Å²) >= 11 is 0. The van der Waals surface area contributed by atoms with Crippen molar-refractivity contribution in [3.05, 3.63) is 96.7 Å². The number of hydrazone groups is 1. The van der Waals surface area contributed by atoms with Crippen LogP contribution in [0.1, 0.15) is 5.56 Å². The minimum absolute atomic E-state index is 0.285. The molecule has 2 heterocycles. The highest BCUT2D eigenvalue weighted by Gasteiger charge is 2.11. The van der Waals surface area contributed by atoms with Crippen LogP contribution in [0.25, 0.3) is 16.9 Å². The van der Waals surface area contributed by atoms with Gasteiger partial charge in [-0.1, -0.05) is 18.2 Å². The van der Waals surface area contributed by atoms with Crippen molar-refractivity contribution in [3.8, 4) is 16.9 Å². The number of hydrogen-bond acceptors (Lipinski definition) is 4. The number of nitrogens with one attached hydrogen (secondary N) is 1. The van der Waals surface area contributed by atoms with Crippen LogP contribution in [-0.4, -0.2) is 21.0 Å². The summed E-state index contributed by atoms with van der Waals surface area (Å²) in [6.07, 6.45) is 7.09. The molecular weight excluding hydrogens is 341 g/mol. The topological polar surface area (TPSA) is 55.1 Å². The summed E-state index contributed by atoms with van der Waals surface area (Å²) in [5.74, 6) is -0.285. The number of anilines is 1. The number of halogens is 1. The Morgan fingerprint density at radius 1 is 0.963 bits per heavy atom. The summed E-state index contributed by atoms with van der Waals surface area (Å²) in [6.45, 7) is 0. The third kappa shape index (κ3) is 3.90. The zero-order chi connectivity index (χ0) is 18.5. The first-order chi connectivity index (χ1) is 13.3. The first kappa shape index (κ1) is 16.7. The van der Waals surface area contributed by atoms with Gasteiger partial charge in [0.05, 0.1) is 17.6 Å². The SMILES string of the molecule is Fc1ccc(N/N=C\c2cn(-c3ccccc3)nc2-c2cccnc2)cc1. The molecule has 4 rings (SSSR count). The highest BCUT2D eigenvalue weighted by molar-refractivity contribution is 5.89. The van der Waals surface area contributed by atoms with E-state index in [-0.39, 0.29) is 5.82 Å². The van der Waals surface area contributed by atoms with E-state index in [1.165, 1.54) is 12.1 Å². The Hall–Kier alpha value is -3.80. The Balaban J connectivity index is 1.66. The normalized spacial score (nSPS) is 11.0. The van der Waals surface area contributed by atoms with Crippen LogP contribution >= 0.6 is 0 Å². The molecule has 0 aliphatic rings. The molecular formula is C21H16FN5. The van der Waals surface area contributed by atoms with Crippen molar-refractivity contribution < 1.29 is 4.39 Å². The van der Waals surface area contributed by atoms with Crippen LogP contribution in [0.4, 0.5) is 10.1 Å². The summed E-state index contributed by atoms with van der Waals surface area (Å²) < 4.78 is 14.8. The molecule has 2 aromatic carbocycles. The van der Waals surface area contributed by atoms with Gasteiger partial charge in [-0.15, -0.1) is 0 Å². The molecule has 0 amide bonds. The van der Waals surface area contributed by atoms with Gasteiger partial charge in [0.15, 0.2) is 0 Å². The molecule has 132 valence electrons. The molecule has 0 aliphatic carbocycles. The van der Waals surface area contributed by atoms with E-state index in [0.29, 0.717) is 5.69 Å². The van der Waals surface area contributed by atoms with Gasteiger partial charge in [-0.25, -0.2) is 9.07 Å². The Morgan fingerprint density at radius 2 is 1.78 bits per heavy atom. The van der Waals surface area contributed by atoms with Crippen LogP contribution in [0.2, 0.25) is 0 Å². The van der Waals surface area contributed by atoms with Gasteiger partial charge in [-0.05, 0) is 48.5 Å². The number of benzene rings is 2. The molecule has 0 unspecified atom stereocenters. The molecule has 1 N–H and O–H groups in total. The summed E-state index contributed by atoms with van der Waals surface area (Å²) in [6, 6.07) is 19.7. The molecule has 4 aromatic rings. The monoisotopic (exact) mass is 357 g/mol. The second-order valence-electron chi connectivity index (χ2n) is 5.83. The number of hydrogen-bond donors (Lipinski definition) is 1. The molecule has 0 radical (unpaired) electrons. The van der Waals surface area contributed by atoms with Crippen LogP contribution in [0.3, 0.4) is 0 Å². The number of pyridine rings is 1. The van der Waals surface area contributed by atoms with Crippen LogP contribution in [0.15, 0.2) is 90.4 Å². The molecule has 0 bridgehead atoms. The highest BCUT2D eigenvalue weighted by atomic mass is 19.1. The summed E-state index contributed by atoms with van der Waals surface area (Å²) in [5.41, 5.74) is 7.06. The molecule has 0 atom stereocenters. The average Bonchev–Trinajstić information content (AvgIpc) is 3.15. The molecule has 0 spiro atoms. The van der Waals surface area contributed by atoms with Crippen molar-refractivity contribution in [2.45, 2.75) is 0 Å². The van der Waals surface area contributed by atoms with Crippen LogP contribution in [-0.2, 0) is 0 Å². The second kappa shape index (κ2) is 7.61. The first-order valence-corrected chi connectivity index (χ1v) is 8.40. The molecule has 0 saturated heterocycles.